The first-order valence-electron chi connectivity index (χ1n) is 7.69. The SMILES string of the molecule is C#Cc1ccc(C(=O)CCC(O)CN2CCCCC2)cc1. The zero-order valence-electron chi connectivity index (χ0n) is 12.4. The first kappa shape index (κ1) is 15.8. The van der Waals surface area contributed by atoms with Crippen molar-refractivity contribution in [3.63, 3.8) is 0 Å². The number of carbonyl (C=O) groups excluding carboxylic acids is 1. The van der Waals surface area contributed by atoms with Gasteiger partial charge in [0.05, 0.1) is 6.10 Å². The van der Waals surface area contributed by atoms with E-state index in [1.165, 1.54) is 19.3 Å². The minimum atomic E-state index is -0.419. The number of hydrogen-bond acceptors (Lipinski definition) is 3. The number of hydrogen-bond donors (Lipinski definition) is 1. The Bertz CT molecular complexity index is 495. The number of nitrogens with zero attached hydrogens (tertiary/aromatic N) is 1. The Balaban J connectivity index is 1.75. The molecule has 1 aliphatic rings. The van der Waals surface area contributed by atoms with Gasteiger partial charge in [-0.15, -0.1) is 6.42 Å². The molecule has 1 aromatic rings. The summed E-state index contributed by atoms with van der Waals surface area (Å²) in [5.41, 5.74) is 1.44. The van der Waals surface area contributed by atoms with Gasteiger partial charge in [0, 0.05) is 24.1 Å². The number of benzene rings is 1. The van der Waals surface area contributed by atoms with Crippen LogP contribution in [0.4, 0.5) is 0 Å². The molecule has 112 valence electrons. The fourth-order valence-corrected chi connectivity index (χ4v) is 2.73. The summed E-state index contributed by atoms with van der Waals surface area (Å²) in [6, 6.07) is 7.07. The zero-order chi connectivity index (χ0) is 15.1. The molecule has 0 aliphatic carbocycles. The van der Waals surface area contributed by atoms with Gasteiger partial charge in [0.1, 0.15) is 0 Å². The van der Waals surface area contributed by atoms with Crippen LogP contribution in [0.3, 0.4) is 0 Å². The van der Waals surface area contributed by atoms with Crippen LogP contribution in [-0.4, -0.2) is 41.5 Å². The van der Waals surface area contributed by atoms with Gasteiger partial charge in [0.25, 0.3) is 0 Å². The lowest BCUT2D eigenvalue weighted by Crippen LogP contribution is -2.36. The third-order valence-electron chi connectivity index (χ3n) is 4.00. The van der Waals surface area contributed by atoms with Crippen LogP contribution in [0.1, 0.15) is 48.0 Å². The standard InChI is InChI=1S/C18H23NO2/c1-2-15-6-8-16(9-7-15)18(21)11-10-17(20)14-19-12-4-3-5-13-19/h1,6-9,17,20H,3-5,10-14H2. The van der Waals surface area contributed by atoms with E-state index in [4.69, 9.17) is 6.42 Å². The maximum absolute atomic E-state index is 12.1. The van der Waals surface area contributed by atoms with Gasteiger partial charge in [-0.25, -0.2) is 0 Å². The van der Waals surface area contributed by atoms with E-state index in [0.29, 0.717) is 24.9 Å². The Morgan fingerprint density at radius 3 is 2.52 bits per heavy atom. The maximum atomic E-state index is 12.1. The average Bonchev–Trinajstić information content (AvgIpc) is 2.53. The van der Waals surface area contributed by atoms with E-state index >= 15 is 0 Å². The van der Waals surface area contributed by atoms with Gasteiger partial charge in [-0.3, -0.25) is 4.79 Å². The molecule has 3 heteroatoms. The smallest absolute Gasteiger partial charge is 0.162 e. The minimum absolute atomic E-state index is 0.0660. The van der Waals surface area contributed by atoms with E-state index in [9.17, 15) is 9.90 Å². The molecular weight excluding hydrogens is 262 g/mol. The predicted octanol–water partition coefficient (Wildman–Crippen LogP) is 2.48. The summed E-state index contributed by atoms with van der Waals surface area (Å²) >= 11 is 0. The minimum Gasteiger partial charge on any atom is -0.392 e. The Labute approximate surface area is 127 Å². The van der Waals surface area contributed by atoms with Crippen molar-refractivity contribution in [2.45, 2.75) is 38.2 Å². The molecule has 1 atom stereocenters. The van der Waals surface area contributed by atoms with Gasteiger partial charge in [-0.1, -0.05) is 24.5 Å². The molecule has 1 aromatic carbocycles. The Hall–Kier alpha value is -1.63. The van der Waals surface area contributed by atoms with Crippen molar-refractivity contribution in [2.75, 3.05) is 19.6 Å². The number of likely N-dealkylation sites (tertiary alicyclic amines) is 1. The second kappa shape index (κ2) is 7.97. The van der Waals surface area contributed by atoms with E-state index in [0.717, 1.165) is 18.7 Å². The summed E-state index contributed by atoms with van der Waals surface area (Å²) in [7, 11) is 0. The number of rotatable bonds is 6. The van der Waals surface area contributed by atoms with Gasteiger partial charge < -0.3 is 10.0 Å². The molecule has 1 saturated heterocycles. The van der Waals surface area contributed by atoms with E-state index < -0.39 is 6.10 Å². The summed E-state index contributed by atoms with van der Waals surface area (Å²) in [5, 5.41) is 10.1. The number of terminal acetylenes is 1. The number of aliphatic hydroxyl groups is 1. The molecule has 1 aliphatic heterocycles. The molecule has 0 saturated carbocycles. The van der Waals surface area contributed by atoms with Crippen molar-refractivity contribution in [3.05, 3.63) is 35.4 Å². The third kappa shape index (κ3) is 5.00. The lowest BCUT2D eigenvalue weighted by molar-refractivity contribution is 0.0821. The van der Waals surface area contributed by atoms with Gasteiger partial charge in [0.2, 0.25) is 0 Å². The van der Waals surface area contributed by atoms with Crippen molar-refractivity contribution in [1.82, 2.24) is 4.90 Å². The average molecular weight is 285 g/mol. The normalized spacial score (nSPS) is 17.1. The zero-order valence-corrected chi connectivity index (χ0v) is 12.4. The predicted molar refractivity (Wildman–Crippen MR) is 84.2 cm³/mol. The lowest BCUT2D eigenvalue weighted by atomic mass is 10.0. The maximum Gasteiger partial charge on any atom is 0.162 e. The molecule has 0 amide bonds. The van der Waals surface area contributed by atoms with Crippen LogP contribution >= 0.6 is 0 Å². The van der Waals surface area contributed by atoms with E-state index in [2.05, 4.69) is 10.8 Å². The van der Waals surface area contributed by atoms with Crippen LogP contribution in [0.25, 0.3) is 0 Å². The summed E-state index contributed by atoms with van der Waals surface area (Å²) in [5.74, 6) is 2.60. The van der Waals surface area contributed by atoms with Gasteiger partial charge >= 0.3 is 0 Å². The van der Waals surface area contributed by atoms with Crippen LogP contribution in [0.15, 0.2) is 24.3 Å². The Morgan fingerprint density at radius 2 is 1.90 bits per heavy atom. The summed E-state index contributed by atoms with van der Waals surface area (Å²) in [6.07, 6.45) is 9.49. The quantitative estimate of drug-likeness (QED) is 0.645. The molecule has 0 bridgehead atoms. The van der Waals surface area contributed by atoms with E-state index in [1.54, 1.807) is 24.3 Å². The Morgan fingerprint density at radius 1 is 1.24 bits per heavy atom. The molecule has 0 aromatic heterocycles. The molecule has 1 heterocycles. The molecule has 1 N–H and O–H groups in total. The summed E-state index contributed by atoms with van der Waals surface area (Å²) in [6.45, 7) is 2.82. The number of carbonyl (C=O) groups is 1. The van der Waals surface area contributed by atoms with Crippen molar-refractivity contribution in [2.24, 2.45) is 0 Å². The van der Waals surface area contributed by atoms with Gasteiger partial charge in [-0.05, 0) is 44.5 Å². The molecule has 0 spiro atoms. The van der Waals surface area contributed by atoms with Crippen molar-refractivity contribution in [3.8, 4) is 12.3 Å². The fraction of sp³-hybridized carbons (Fsp3) is 0.500. The van der Waals surface area contributed by atoms with Crippen LogP contribution in [0.2, 0.25) is 0 Å². The van der Waals surface area contributed by atoms with Gasteiger partial charge in [0.15, 0.2) is 5.78 Å². The Kier molecular flexibility index (Phi) is 5.98. The molecular formula is C18H23NO2. The van der Waals surface area contributed by atoms with Crippen molar-refractivity contribution < 1.29 is 9.90 Å². The third-order valence-corrected chi connectivity index (χ3v) is 4.00. The molecule has 1 fully saturated rings. The van der Waals surface area contributed by atoms with Crippen LogP contribution in [-0.2, 0) is 0 Å². The van der Waals surface area contributed by atoms with Crippen LogP contribution in [0.5, 0.6) is 0 Å². The first-order chi connectivity index (χ1) is 10.2. The van der Waals surface area contributed by atoms with Gasteiger partial charge in [-0.2, -0.15) is 0 Å². The summed E-state index contributed by atoms with van der Waals surface area (Å²) < 4.78 is 0. The second-order valence-electron chi connectivity index (χ2n) is 5.70. The monoisotopic (exact) mass is 285 g/mol. The molecule has 2 rings (SSSR count). The fourth-order valence-electron chi connectivity index (χ4n) is 2.73. The number of aliphatic hydroxyl groups excluding tert-OH is 1. The topological polar surface area (TPSA) is 40.5 Å². The second-order valence-corrected chi connectivity index (χ2v) is 5.70. The highest BCUT2D eigenvalue weighted by atomic mass is 16.3. The van der Waals surface area contributed by atoms with Crippen molar-refractivity contribution >= 4 is 5.78 Å². The van der Waals surface area contributed by atoms with E-state index in [-0.39, 0.29) is 5.78 Å². The highest BCUT2D eigenvalue weighted by molar-refractivity contribution is 5.96. The number of Topliss-reactive ketones (excluding diaryl/α,β-unsaturated/α-hetero) is 1. The highest BCUT2D eigenvalue weighted by Gasteiger charge is 2.16. The molecule has 3 nitrogen and oxygen atoms in total. The largest absolute Gasteiger partial charge is 0.392 e. The number of ketones is 1. The van der Waals surface area contributed by atoms with Crippen molar-refractivity contribution in [1.29, 1.82) is 0 Å². The van der Waals surface area contributed by atoms with E-state index in [1.807, 2.05) is 0 Å². The summed E-state index contributed by atoms with van der Waals surface area (Å²) in [4.78, 5) is 14.4. The molecule has 21 heavy (non-hydrogen) atoms. The number of piperidine rings is 1. The first-order valence-corrected chi connectivity index (χ1v) is 7.69. The molecule has 1 unspecified atom stereocenters. The lowest BCUT2D eigenvalue weighted by Gasteiger charge is -2.28. The van der Waals surface area contributed by atoms with Crippen LogP contribution < -0.4 is 0 Å². The van der Waals surface area contributed by atoms with Crippen LogP contribution in [0, 0.1) is 12.3 Å². The highest BCUT2D eigenvalue weighted by Crippen LogP contribution is 2.12. The molecule has 0 radical (unpaired) electrons. The number of β-amino-alcohol motifs (C(OH)–C–C–N with tert-alkyl or cyclic N) is 1.